The Morgan fingerprint density at radius 1 is 1.47 bits per heavy atom. The first-order chi connectivity index (χ1) is 8.11. The Bertz CT molecular complexity index is 356. The predicted octanol–water partition coefficient (Wildman–Crippen LogP) is 1.56. The van der Waals surface area contributed by atoms with E-state index in [0.29, 0.717) is 11.5 Å². The molecule has 2 N–H and O–H groups in total. The molecule has 0 spiro atoms. The summed E-state index contributed by atoms with van der Waals surface area (Å²) in [5.41, 5.74) is 0.986. The third-order valence-corrected chi connectivity index (χ3v) is 3.10. The molecule has 94 valence electrons. The molecule has 0 aromatic heterocycles. The molecule has 1 atom stereocenters. The molecule has 5 heteroatoms. The number of halogens is 1. The smallest absolute Gasteiger partial charge is 0.230 e. The maximum atomic E-state index is 12.6. The van der Waals surface area contributed by atoms with E-state index in [1.165, 1.54) is 23.9 Å². The number of hydrogen-bond acceptors (Lipinski definition) is 3. The summed E-state index contributed by atoms with van der Waals surface area (Å²) in [5.74, 6) is 0.648. The molecule has 0 bridgehead atoms. The molecule has 1 amide bonds. The van der Waals surface area contributed by atoms with Crippen LogP contribution in [0, 0.1) is 5.82 Å². The third-order valence-electron chi connectivity index (χ3n) is 2.10. The fourth-order valence-electron chi connectivity index (χ4n) is 1.20. The van der Waals surface area contributed by atoms with E-state index in [2.05, 4.69) is 5.32 Å². The van der Waals surface area contributed by atoms with Gasteiger partial charge < -0.3 is 10.4 Å². The lowest BCUT2D eigenvalue weighted by Crippen LogP contribution is -2.36. The lowest BCUT2D eigenvalue weighted by molar-refractivity contribution is -0.119. The number of amides is 1. The van der Waals surface area contributed by atoms with Gasteiger partial charge in [0.25, 0.3) is 0 Å². The van der Waals surface area contributed by atoms with Gasteiger partial charge in [-0.1, -0.05) is 12.1 Å². The predicted molar refractivity (Wildman–Crippen MR) is 67.3 cm³/mol. The molecule has 1 aromatic rings. The van der Waals surface area contributed by atoms with Crippen molar-refractivity contribution in [1.82, 2.24) is 5.32 Å². The summed E-state index contributed by atoms with van der Waals surface area (Å²) in [6.07, 6.45) is 0. The highest BCUT2D eigenvalue weighted by Crippen LogP contribution is 2.12. The minimum absolute atomic E-state index is 0.0611. The largest absolute Gasteiger partial charge is 0.394 e. The van der Waals surface area contributed by atoms with Crippen molar-refractivity contribution >= 4 is 17.7 Å². The molecule has 0 radical (unpaired) electrons. The van der Waals surface area contributed by atoms with Gasteiger partial charge in [0.05, 0.1) is 12.4 Å². The Morgan fingerprint density at radius 3 is 2.71 bits per heavy atom. The van der Waals surface area contributed by atoms with Crippen LogP contribution in [0.25, 0.3) is 0 Å². The maximum Gasteiger partial charge on any atom is 0.230 e. The number of aliphatic hydroxyl groups excluding tert-OH is 1. The van der Waals surface area contributed by atoms with Crippen LogP contribution in [0.1, 0.15) is 12.5 Å². The summed E-state index contributed by atoms with van der Waals surface area (Å²) in [6, 6.07) is 6.01. The Hall–Kier alpha value is -1.07. The first-order valence-corrected chi connectivity index (χ1v) is 6.49. The van der Waals surface area contributed by atoms with Crippen LogP contribution in [0.5, 0.6) is 0 Å². The molecule has 0 aliphatic carbocycles. The van der Waals surface area contributed by atoms with E-state index in [-0.39, 0.29) is 24.4 Å². The Balaban J connectivity index is 2.23. The van der Waals surface area contributed by atoms with E-state index in [1.54, 1.807) is 19.1 Å². The van der Waals surface area contributed by atoms with Gasteiger partial charge in [-0.05, 0) is 24.6 Å². The highest BCUT2D eigenvalue weighted by atomic mass is 32.2. The van der Waals surface area contributed by atoms with Crippen LogP contribution in [-0.4, -0.2) is 29.4 Å². The number of nitrogens with one attached hydrogen (secondary N) is 1. The third kappa shape index (κ3) is 5.70. The molecule has 0 aliphatic rings. The summed E-state index contributed by atoms with van der Waals surface area (Å²) < 4.78 is 12.6. The second-order valence-corrected chi connectivity index (χ2v) is 4.76. The lowest BCUT2D eigenvalue weighted by Gasteiger charge is -2.10. The highest BCUT2D eigenvalue weighted by molar-refractivity contribution is 7.99. The van der Waals surface area contributed by atoms with Gasteiger partial charge in [0.1, 0.15) is 5.82 Å². The summed E-state index contributed by atoms with van der Waals surface area (Å²) in [5, 5.41) is 11.4. The van der Waals surface area contributed by atoms with E-state index in [9.17, 15) is 9.18 Å². The van der Waals surface area contributed by atoms with E-state index in [4.69, 9.17) is 5.11 Å². The highest BCUT2D eigenvalue weighted by Gasteiger charge is 2.05. The molecule has 0 fully saturated rings. The quantitative estimate of drug-likeness (QED) is 0.813. The average Bonchev–Trinajstić information content (AvgIpc) is 2.31. The molecule has 1 unspecified atom stereocenters. The van der Waals surface area contributed by atoms with Crippen LogP contribution in [0.15, 0.2) is 24.3 Å². The van der Waals surface area contributed by atoms with Gasteiger partial charge in [0.15, 0.2) is 0 Å². The molecule has 0 saturated carbocycles. The standard InChI is InChI=1S/C12H16FNO2S/c1-9(6-15)14-12(16)8-17-7-10-2-4-11(13)5-3-10/h2-5,9,15H,6-8H2,1H3,(H,14,16). The zero-order valence-electron chi connectivity index (χ0n) is 9.65. The van der Waals surface area contributed by atoms with Gasteiger partial charge >= 0.3 is 0 Å². The summed E-state index contributed by atoms with van der Waals surface area (Å²) in [7, 11) is 0. The minimum atomic E-state index is -0.256. The first-order valence-electron chi connectivity index (χ1n) is 5.34. The van der Waals surface area contributed by atoms with E-state index < -0.39 is 0 Å². The van der Waals surface area contributed by atoms with Gasteiger partial charge in [-0.15, -0.1) is 11.8 Å². The number of benzene rings is 1. The van der Waals surface area contributed by atoms with Crippen LogP contribution in [-0.2, 0) is 10.5 Å². The number of carbonyl (C=O) groups is 1. The summed E-state index contributed by atoms with van der Waals surface area (Å²) in [4.78, 5) is 11.4. The molecule has 3 nitrogen and oxygen atoms in total. The summed E-state index contributed by atoms with van der Waals surface area (Å²) >= 11 is 1.46. The van der Waals surface area contributed by atoms with E-state index in [1.807, 2.05) is 0 Å². The van der Waals surface area contributed by atoms with Crippen molar-refractivity contribution in [3.63, 3.8) is 0 Å². The molecule has 17 heavy (non-hydrogen) atoms. The zero-order valence-corrected chi connectivity index (χ0v) is 10.5. The fourth-order valence-corrected chi connectivity index (χ4v) is 2.00. The zero-order chi connectivity index (χ0) is 12.7. The molecule has 0 saturated heterocycles. The number of rotatable bonds is 6. The number of hydrogen-bond donors (Lipinski definition) is 2. The van der Waals surface area contributed by atoms with Crippen LogP contribution >= 0.6 is 11.8 Å². The number of thioether (sulfide) groups is 1. The Morgan fingerprint density at radius 2 is 2.12 bits per heavy atom. The van der Waals surface area contributed by atoms with Crippen molar-refractivity contribution in [3.05, 3.63) is 35.6 Å². The lowest BCUT2D eigenvalue weighted by atomic mass is 10.2. The molecule has 0 aliphatic heterocycles. The normalized spacial score (nSPS) is 12.2. The van der Waals surface area contributed by atoms with Gasteiger partial charge in [0.2, 0.25) is 5.91 Å². The maximum absolute atomic E-state index is 12.6. The molecule has 0 heterocycles. The van der Waals surface area contributed by atoms with Crippen LogP contribution in [0.4, 0.5) is 4.39 Å². The van der Waals surface area contributed by atoms with Gasteiger partial charge in [0, 0.05) is 11.8 Å². The van der Waals surface area contributed by atoms with Gasteiger partial charge in [-0.2, -0.15) is 0 Å². The average molecular weight is 257 g/mol. The second kappa shape index (κ2) is 7.29. The van der Waals surface area contributed by atoms with E-state index >= 15 is 0 Å². The SMILES string of the molecule is CC(CO)NC(=O)CSCc1ccc(F)cc1. The second-order valence-electron chi connectivity index (χ2n) is 3.77. The first kappa shape index (κ1) is 14.0. The Labute approximate surface area is 104 Å². The van der Waals surface area contributed by atoms with Gasteiger partial charge in [-0.25, -0.2) is 4.39 Å². The van der Waals surface area contributed by atoms with E-state index in [0.717, 1.165) is 5.56 Å². The van der Waals surface area contributed by atoms with Crippen molar-refractivity contribution in [2.24, 2.45) is 0 Å². The minimum Gasteiger partial charge on any atom is -0.394 e. The molecule has 1 rings (SSSR count). The molecular formula is C12H16FNO2S. The van der Waals surface area contributed by atoms with Crippen molar-refractivity contribution in [1.29, 1.82) is 0 Å². The number of carbonyl (C=O) groups excluding carboxylic acids is 1. The monoisotopic (exact) mass is 257 g/mol. The van der Waals surface area contributed by atoms with Crippen LogP contribution in [0.3, 0.4) is 0 Å². The van der Waals surface area contributed by atoms with Crippen molar-refractivity contribution in [3.8, 4) is 0 Å². The fraction of sp³-hybridized carbons (Fsp3) is 0.417. The van der Waals surface area contributed by atoms with Crippen molar-refractivity contribution in [2.45, 2.75) is 18.7 Å². The van der Waals surface area contributed by atoms with Crippen LogP contribution < -0.4 is 5.32 Å². The Kier molecular flexibility index (Phi) is 6.00. The topological polar surface area (TPSA) is 49.3 Å². The molecule has 1 aromatic carbocycles. The summed E-state index contributed by atoms with van der Waals surface area (Å²) in [6.45, 7) is 1.68. The van der Waals surface area contributed by atoms with Crippen molar-refractivity contribution in [2.75, 3.05) is 12.4 Å². The number of aliphatic hydroxyl groups is 1. The van der Waals surface area contributed by atoms with Gasteiger partial charge in [-0.3, -0.25) is 4.79 Å². The molecular weight excluding hydrogens is 241 g/mol. The van der Waals surface area contributed by atoms with Crippen molar-refractivity contribution < 1.29 is 14.3 Å². The van der Waals surface area contributed by atoms with Crippen LogP contribution in [0.2, 0.25) is 0 Å².